The van der Waals surface area contributed by atoms with Crippen LogP contribution in [0, 0.1) is 4.91 Å². The van der Waals surface area contributed by atoms with Crippen molar-refractivity contribution in [3.05, 3.63) is 35.2 Å². The number of rotatable bonds is 1. The van der Waals surface area contributed by atoms with E-state index in [1.807, 2.05) is 6.07 Å². The van der Waals surface area contributed by atoms with Crippen molar-refractivity contribution in [2.24, 2.45) is 11.1 Å². The highest BCUT2D eigenvalue weighted by molar-refractivity contribution is 5.75. The van der Waals surface area contributed by atoms with Crippen LogP contribution >= 0.6 is 0 Å². The Labute approximate surface area is 75.1 Å². The quantitative estimate of drug-likeness (QED) is 0.360. The van der Waals surface area contributed by atoms with Crippen molar-refractivity contribution in [3.8, 4) is 0 Å². The zero-order chi connectivity index (χ0) is 7.82. The third kappa shape index (κ3) is 5.70. The molecule has 60 valence electrons. The Morgan fingerprint density at radius 2 is 1.64 bits per heavy atom. The van der Waals surface area contributed by atoms with Crippen LogP contribution in [0.25, 0.3) is 0 Å². The summed E-state index contributed by atoms with van der Waals surface area (Å²) in [5.74, 6) is 3.50. The van der Waals surface area contributed by atoms with E-state index in [9.17, 15) is 4.91 Å². The maximum atomic E-state index is 9.76. The molecule has 0 aliphatic rings. The van der Waals surface area contributed by atoms with Gasteiger partial charge in [-0.2, -0.15) is 0 Å². The molecule has 1 aromatic rings. The van der Waals surface area contributed by atoms with Crippen LogP contribution in [0.3, 0.4) is 0 Å². The highest BCUT2D eigenvalue weighted by Crippen LogP contribution is 2.07. The molecule has 11 heavy (non-hydrogen) atoms. The van der Waals surface area contributed by atoms with Gasteiger partial charge in [-0.3, -0.25) is 0 Å². The standard InChI is InChI=1S/C6H5NO.Al.H3NO.3H/c8-7-6-4-2-1-3-5-6;;1-2;;;/h1-5H;;2H,1H2;;;. The molecule has 0 fully saturated rings. The normalized spacial score (nSPS) is 6.73. The SMILES string of the molecule is NO.O=Nc1ccccc1.[AlH3]. The maximum Gasteiger partial charge on any atom is 0.187 e. The minimum atomic E-state index is 0. The molecule has 4 nitrogen and oxygen atoms in total. The van der Waals surface area contributed by atoms with E-state index in [1.54, 1.807) is 24.3 Å². The molecule has 0 amide bonds. The number of hydrogen-bond acceptors (Lipinski definition) is 4. The first-order chi connectivity index (χ1) is 4.93. The van der Waals surface area contributed by atoms with Gasteiger partial charge in [-0.05, 0) is 17.3 Å². The van der Waals surface area contributed by atoms with Crippen LogP contribution in [0.2, 0.25) is 0 Å². The molecular weight excluding hydrogens is 159 g/mol. The summed E-state index contributed by atoms with van der Waals surface area (Å²) in [6.45, 7) is 0. The van der Waals surface area contributed by atoms with Crippen LogP contribution in [0.1, 0.15) is 0 Å². The summed E-state index contributed by atoms with van der Waals surface area (Å²) < 4.78 is 0. The molecule has 0 saturated carbocycles. The van der Waals surface area contributed by atoms with E-state index < -0.39 is 0 Å². The van der Waals surface area contributed by atoms with Crippen LogP contribution in [0.5, 0.6) is 0 Å². The van der Waals surface area contributed by atoms with Gasteiger partial charge in [0.2, 0.25) is 0 Å². The minimum Gasteiger partial charge on any atom is -0.320 e. The Kier molecular flexibility index (Phi) is 10.9. The van der Waals surface area contributed by atoms with Crippen LogP contribution in [-0.2, 0) is 0 Å². The fraction of sp³-hybridized carbons (Fsp3) is 0. The third-order valence-corrected chi connectivity index (χ3v) is 0.862. The Balaban J connectivity index is 0. The van der Waals surface area contributed by atoms with Crippen molar-refractivity contribution in [2.45, 2.75) is 0 Å². The average molecular weight is 170 g/mol. The second-order valence-electron chi connectivity index (χ2n) is 1.43. The van der Waals surface area contributed by atoms with E-state index in [0.717, 1.165) is 0 Å². The van der Waals surface area contributed by atoms with Gasteiger partial charge in [0.25, 0.3) is 0 Å². The number of nitrogens with two attached hydrogens (primary N) is 1. The Hall–Kier alpha value is -0.728. The topological polar surface area (TPSA) is 75.7 Å². The molecule has 0 spiro atoms. The largest absolute Gasteiger partial charge is 0.320 e. The molecule has 0 heterocycles. The molecule has 0 atom stereocenters. The molecule has 0 aromatic heterocycles. The van der Waals surface area contributed by atoms with E-state index in [4.69, 9.17) is 5.21 Å². The highest BCUT2D eigenvalue weighted by atomic mass is 27.0. The molecule has 3 N–H and O–H groups in total. The molecule has 0 unspecified atom stereocenters. The molecule has 0 bridgehead atoms. The Morgan fingerprint density at radius 3 is 1.91 bits per heavy atom. The zero-order valence-electron chi connectivity index (χ0n) is 5.27. The van der Waals surface area contributed by atoms with Crippen molar-refractivity contribution in [3.63, 3.8) is 0 Å². The van der Waals surface area contributed by atoms with Gasteiger partial charge < -0.3 is 5.21 Å². The maximum absolute atomic E-state index is 9.76. The van der Waals surface area contributed by atoms with Crippen molar-refractivity contribution in [1.29, 1.82) is 0 Å². The molecule has 0 aliphatic heterocycles. The average Bonchev–Trinajstić information content (AvgIpc) is 2.10. The van der Waals surface area contributed by atoms with Crippen molar-refractivity contribution < 1.29 is 5.21 Å². The molecule has 0 radical (unpaired) electrons. The number of hydrogen-bond donors (Lipinski definition) is 2. The fourth-order valence-electron chi connectivity index (χ4n) is 0.489. The fourth-order valence-corrected chi connectivity index (χ4v) is 0.489. The summed E-state index contributed by atoms with van der Waals surface area (Å²) in [5.41, 5.74) is 0.479. The van der Waals surface area contributed by atoms with Crippen LogP contribution < -0.4 is 5.90 Å². The number of nitroso groups, excluding NO2 is 1. The molecule has 5 heteroatoms. The van der Waals surface area contributed by atoms with Crippen molar-refractivity contribution >= 4 is 23.0 Å². The lowest BCUT2D eigenvalue weighted by Crippen LogP contribution is -1.72. The predicted molar refractivity (Wildman–Crippen MR) is 47.8 cm³/mol. The van der Waals surface area contributed by atoms with Crippen LogP contribution in [0.4, 0.5) is 5.69 Å². The molecule has 0 aliphatic carbocycles. The minimum absolute atomic E-state index is 0. The van der Waals surface area contributed by atoms with Crippen LogP contribution in [0.15, 0.2) is 35.5 Å². The van der Waals surface area contributed by atoms with Gasteiger partial charge in [-0.1, -0.05) is 18.2 Å². The third-order valence-electron chi connectivity index (χ3n) is 0.862. The second kappa shape index (κ2) is 9.27. The van der Waals surface area contributed by atoms with Gasteiger partial charge in [0, 0.05) is 0 Å². The number of nitrogens with zero attached hydrogens (tertiary/aromatic N) is 1. The summed E-state index contributed by atoms with van der Waals surface area (Å²) in [7, 11) is 0. The van der Waals surface area contributed by atoms with Gasteiger partial charge in [-0.25, -0.2) is 5.90 Å². The van der Waals surface area contributed by atoms with Crippen molar-refractivity contribution in [1.82, 2.24) is 0 Å². The van der Waals surface area contributed by atoms with Gasteiger partial charge in [0.15, 0.2) is 17.4 Å². The lowest BCUT2D eigenvalue weighted by molar-refractivity contribution is 0.311. The van der Waals surface area contributed by atoms with E-state index in [0.29, 0.717) is 5.69 Å². The lowest BCUT2D eigenvalue weighted by Gasteiger charge is -1.80. The first-order valence-electron chi connectivity index (χ1n) is 2.58. The highest BCUT2D eigenvalue weighted by Gasteiger charge is 1.81. The summed E-state index contributed by atoms with van der Waals surface area (Å²) >= 11 is 0. The van der Waals surface area contributed by atoms with Gasteiger partial charge in [0.1, 0.15) is 5.69 Å². The smallest absolute Gasteiger partial charge is 0.187 e. The Bertz CT molecular complexity index is 181. The summed E-state index contributed by atoms with van der Waals surface area (Å²) in [5, 5.41) is 9.22. The molecule has 1 aromatic carbocycles. The number of benzene rings is 1. The lowest BCUT2D eigenvalue weighted by atomic mass is 10.3. The van der Waals surface area contributed by atoms with Gasteiger partial charge >= 0.3 is 0 Å². The first-order valence-corrected chi connectivity index (χ1v) is 2.58. The van der Waals surface area contributed by atoms with Crippen LogP contribution in [-0.4, -0.2) is 22.6 Å². The molecular formula is C6H11AlN2O2. The van der Waals surface area contributed by atoms with Crippen molar-refractivity contribution in [2.75, 3.05) is 0 Å². The Morgan fingerprint density at radius 1 is 1.18 bits per heavy atom. The summed E-state index contributed by atoms with van der Waals surface area (Å²) in [6, 6.07) is 8.71. The summed E-state index contributed by atoms with van der Waals surface area (Å²) in [4.78, 5) is 9.76. The first kappa shape index (κ1) is 12.9. The second-order valence-corrected chi connectivity index (χ2v) is 1.43. The van der Waals surface area contributed by atoms with E-state index in [2.05, 4.69) is 11.1 Å². The predicted octanol–water partition coefficient (Wildman–Crippen LogP) is 0.235. The summed E-state index contributed by atoms with van der Waals surface area (Å²) in [6.07, 6.45) is 0. The van der Waals surface area contributed by atoms with Gasteiger partial charge in [-0.15, -0.1) is 4.91 Å². The molecule has 1 rings (SSSR count). The molecule has 0 saturated heterocycles. The monoisotopic (exact) mass is 170 g/mol. The van der Waals surface area contributed by atoms with E-state index in [1.165, 1.54) is 0 Å². The van der Waals surface area contributed by atoms with E-state index in [-0.39, 0.29) is 17.4 Å². The van der Waals surface area contributed by atoms with Gasteiger partial charge in [0.05, 0.1) is 0 Å². The van der Waals surface area contributed by atoms with E-state index >= 15 is 0 Å². The zero-order valence-corrected chi connectivity index (χ0v) is 5.27.